The monoisotopic (exact) mass is 406 g/mol. The van der Waals surface area contributed by atoms with E-state index in [1.807, 2.05) is 24.3 Å². The van der Waals surface area contributed by atoms with E-state index >= 15 is 0 Å². The van der Waals surface area contributed by atoms with Crippen molar-refractivity contribution >= 4 is 5.97 Å². The molecule has 0 radical (unpaired) electrons. The Kier molecular flexibility index (Phi) is 8.99. The van der Waals surface area contributed by atoms with E-state index in [0.29, 0.717) is 17.2 Å². The van der Waals surface area contributed by atoms with Crippen LogP contribution in [-0.4, -0.2) is 5.97 Å². The van der Waals surface area contributed by atoms with E-state index in [-0.39, 0.29) is 5.97 Å². The highest BCUT2D eigenvalue weighted by Gasteiger charge is 2.20. The second kappa shape index (κ2) is 11.9. The molecule has 2 aromatic rings. The van der Waals surface area contributed by atoms with Crippen LogP contribution in [0.5, 0.6) is 5.75 Å². The molecule has 0 aliphatic heterocycles. The minimum atomic E-state index is -0.275. The SMILES string of the molecule is CCCCCCCCc1ccc(OC(=O)c2ccc(C3CCC(C)CC3)cc2)cc1. The maximum atomic E-state index is 12.5. The van der Waals surface area contributed by atoms with E-state index in [2.05, 4.69) is 38.1 Å². The van der Waals surface area contributed by atoms with Crippen molar-refractivity contribution in [3.05, 3.63) is 65.2 Å². The number of hydrogen-bond donors (Lipinski definition) is 0. The van der Waals surface area contributed by atoms with Gasteiger partial charge in [-0.05, 0) is 72.9 Å². The van der Waals surface area contributed by atoms with Crippen molar-refractivity contribution in [1.29, 1.82) is 0 Å². The molecular formula is C28H38O2. The zero-order valence-electron chi connectivity index (χ0n) is 18.9. The van der Waals surface area contributed by atoms with Gasteiger partial charge in [0.15, 0.2) is 0 Å². The van der Waals surface area contributed by atoms with Crippen LogP contribution in [0.15, 0.2) is 48.5 Å². The molecule has 2 nitrogen and oxygen atoms in total. The second-order valence-corrected chi connectivity index (χ2v) is 9.13. The Labute approximate surface area is 183 Å². The number of carbonyl (C=O) groups excluding carboxylic acids is 1. The minimum absolute atomic E-state index is 0.275. The van der Waals surface area contributed by atoms with Crippen molar-refractivity contribution in [1.82, 2.24) is 0 Å². The first-order valence-electron chi connectivity index (χ1n) is 12.1. The molecule has 1 fully saturated rings. The normalized spacial score (nSPS) is 18.9. The van der Waals surface area contributed by atoms with Gasteiger partial charge in [-0.1, -0.05) is 83.1 Å². The number of carbonyl (C=O) groups is 1. The lowest BCUT2D eigenvalue weighted by Crippen LogP contribution is -2.12. The van der Waals surface area contributed by atoms with Crippen LogP contribution in [-0.2, 0) is 6.42 Å². The molecule has 162 valence electrons. The molecule has 2 heteroatoms. The molecular weight excluding hydrogens is 368 g/mol. The van der Waals surface area contributed by atoms with Crippen LogP contribution in [0.2, 0.25) is 0 Å². The van der Waals surface area contributed by atoms with Gasteiger partial charge in [-0.15, -0.1) is 0 Å². The van der Waals surface area contributed by atoms with E-state index in [4.69, 9.17) is 4.74 Å². The van der Waals surface area contributed by atoms with Gasteiger partial charge in [-0.25, -0.2) is 4.79 Å². The first kappa shape index (κ1) is 22.6. The summed E-state index contributed by atoms with van der Waals surface area (Å²) in [6, 6.07) is 16.1. The van der Waals surface area contributed by atoms with Crippen molar-refractivity contribution in [3.63, 3.8) is 0 Å². The molecule has 0 heterocycles. The van der Waals surface area contributed by atoms with E-state index in [0.717, 1.165) is 12.3 Å². The summed E-state index contributed by atoms with van der Waals surface area (Å²) in [6.45, 7) is 4.60. The highest BCUT2D eigenvalue weighted by molar-refractivity contribution is 5.91. The summed E-state index contributed by atoms with van der Waals surface area (Å²) in [4.78, 5) is 12.5. The average molecular weight is 407 g/mol. The Morgan fingerprint density at radius 2 is 1.47 bits per heavy atom. The maximum absolute atomic E-state index is 12.5. The van der Waals surface area contributed by atoms with Crippen LogP contribution in [0.4, 0.5) is 0 Å². The van der Waals surface area contributed by atoms with Crippen LogP contribution >= 0.6 is 0 Å². The van der Waals surface area contributed by atoms with Crippen molar-refractivity contribution in [2.45, 2.75) is 90.4 Å². The lowest BCUT2D eigenvalue weighted by Gasteiger charge is -2.26. The fraction of sp³-hybridized carbons (Fsp3) is 0.536. The predicted molar refractivity (Wildman–Crippen MR) is 125 cm³/mol. The molecule has 0 spiro atoms. The van der Waals surface area contributed by atoms with Crippen LogP contribution in [0, 0.1) is 5.92 Å². The number of hydrogen-bond acceptors (Lipinski definition) is 2. The van der Waals surface area contributed by atoms with E-state index in [9.17, 15) is 4.79 Å². The fourth-order valence-corrected chi connectivity index (χ4v) is 4.48. The van der Waals surface area contributed by atoms with Gasteiger partial charge in [0.05, 0.1) is 5.56 Å². The Morgan fingerprint density at radius 3 is 2.13 bits per heavy atom. The molecule has 0 amide bonds. The zero-order valence-corrected chi connectivity index (χ0v) is 18.9. The van der Waals surface area contributed by atoms with Crippen molar-refractivity contribution in [2.24, 2.45) is 5.92 Å². The molecule has 0 aromatic heterocycles. The van der Waals surface area contributed by atoms with Crippen molar-refractivity contribution < 1.29 is 9.53 Å². The first-order valence-corrected chi connectivity index (χ1v) is 12.1. The maximum Gasteiger partial charge on any atom is 0.343 e. The third kappa shape index (κ3) is 7.00. The summed E-state index contributed by atoms with van der Waals surface area (Å²) in [5, 5.41) is 0. The molecule has 0 bridgehead atoms. The molecule has 1 saturated carbocycles. The molecule has 1 aliphatic rings. The summed E-state index contributed by atoms with van der Waals surface area (Å²) in [5.41, 5.74) is 3.30. The average Bonchev–Trinajstić information content (AvgIpc) is 2.78. The van der Waals surface area contributed by atoms with Crippen LogP contribution in [0.25, 0.3) is 0 Å². The molecule has 0 unspecified atom stereocenters. The van der Waals surface area contributed by atoms with Gasteiger partial charge in [0.1, 0.15) is 5.75 Å². The highest BCUT2D eigenvalue weighted by atomic mass is 16.5. The van der Waals surface area contributed by atoms with E-state index < -0.39 is 0 Å². The molecule has 0 atom stereocenters. The number of rotatable bonds is 10. The van der Waals surface area contributed by atoms with Crippen molar-refractivity contribution in [3.8, 4) is 5.75 Å². The Morgan fingerprint density at radius 1 is 0.833 bits per heavy atom. The smallest absolute Gasteiger partial charge is 0.343 e. The van der Waals surface area contributed by atoms with Gasteiger partial charge in [0, 0.05) is 0 Å². The van der Waals surface area contributed by atoms with Gasteiger partial charge in [-0.3, -0.25) is 0 Å². The third-order valence-corrected chi connectivity index (χ3v) is 6.59. The number of ether oxygens (including phenoxy) is 1. The summed E-state index contributed by atoms with van der Waals surface area (Å²) in [5.74, 6) is 1.85. The summed E-state index contributed by atoms with van der Waals surface area (Å²) >= 11 is 0. The van der Waals surface area contributed by atoms with Crippen molar-refractivity contribution in [2.75, 3.05) is 0 Å². The number of unbranched alkanes of at least 4 members (excludes halogenated alkanes) is 5. The number of esters is 1. The van der Waals surface area contributed by atoms with Crippen LogP contribution in [0.1, 0.15) is 105 Å². The summed E-state index contributed by atoms with van der Waals surface area (Å²) in [6.07, 6.45) is 14.1. The lowest BCUT2D eigenvalue weighted by atomic mass is 9.79. The molecule has 1 aliphatic carbocycles. The van der Waals surface area contributed by atoms with Gasteiger partial charge < -0.3 is 4.74 Å². The Bertz CT molecular complexity index is 752. The zero-order chi connectivity index (χ0) is 21.2. The standard InChI is InChI=1S/C28H38O2/c1-3-4-5-6-7-8-9-23-12-20-27(21-13-23)30-28(29)26-18-16-25(17-19-26)24-14-10-22(2)11-15-24/h12-13,16-22,24H,3-11,14-15H2,1-2H3. The second-order valence-electron chi connectivity index (χ2n) is 9.13. The van der Waals surface area contributed by atoms with Gasteiger partial charge in [0.2, 0.25) is 0 Å². The summed E-state index contributed by atoms with van der Waals surface area (Å²) in [7, 11) is 0. The highest BCUT2D eigenvalue weighted by Crippen LogP contribution is 2.35. The topological polar surface area (TPSA) is 26.3 Å². The number of aryl methyl sites for hydroxylation is 1. The molecule has 30 heavy (non-hydrogen) atoms. The molecule has 2 aromatic carbocycles. The van der Waals surface area contributed by atoms with E-state index in [1.165, 1.54) is 75.3 Å². The fourth-order valence-electron chi connectivity index (χ4n) is 4.48. The third-order valence-electron chi connectivity index (χ3n) is 6.59. The van der Waals surface area contributed by atoms with E-state index in [1.54, 1.807) is 0 Å². The van der Waals surface area contributed by atoms with Crippen LogP contribution in [0.3, 0.4) is 0 Å². The molecule has 0 N–H and O–H groups in total. The number of benzene rings is 2. The van der Waals surface area contributed by atoms with Crippen LogP contribution < -0.4 is 4.74 Å². The van der Waals surface area contributed by atoms with Gasteiger partial charge in [0.25, 0.3) is 0 Å². The Hall–Kier alpha value is -2.09. The molecule has 3 rings (SSSR count). The first-order chi connectivity index (χ1) is 14.7. The van der Waals surface area contributed by atoms with Gasteiger partial charge >= 0.3 is 5.97 Å². The largest absolute Gasteiger partial charge is 0.423 e. The summed E-state index contributed by atoms with van der Waals surface area (Å²) < 4.78 is 5.59. The Balaban J connectivity index is 1.45. The quantitative estimate of drug-likeness (QED) is 0.226. The van der Waals surface area contributed by atoms with Gasteiger partial charge in [-0.2, -0.15) is 0 Å². The lowest BCUT2D eigenvalue weighted by molar-refractivity contribution is 0.0734. The molecule has 0 saturated heterocycles. The predicted octanol–water partition coefficient (Wildman–Crippen LogP) is 8.10. The minimum Gasteiger partial charge on any atom is -0.423 e.